The molecule has 2 rings (SSSR count). The quantitative estimate of drug-likeness (QED) is 0.556. The fraction of sp³-hybridized carbons (Fsp3) is 0.300. The number of hydrogen-bond acceptors (Lipinski definition) is 4. The summed E-state index contributed by atoms with van der Waals surface area (Å²) in [7, 11) is 3.00. The van der Waals surface area contributed by atoms with Crippen molar-refractivity contribution in [3.05, 3.63) is 33.4 Å². The van der Waals surface area contributed by atoms with Crippen LogP contribution in [0.25, 0.3) is 0 Å². The third kappa shape index (κ3) is 1.39. The highest BCUT2D eigenvalue weighted by Crippen LogP contribution is 2.34. The van der Waals surface area contributed by atoms with Crippen molar-refractivity contribution in [1.82, 2.24) is 4.90 Å². The van der Waals surface area contributed by atoms with E-state index in [1.54, 1.807) is 7.05 Å². The largest absolute Gasteiger partial charge is 0.490 e. The Morgan fingerprint density at radius 3 is 2.75 bits per heavy atom. The van der Waals surface area contributed by atoms with E-state index in [2.05, 4.69) is 0 Å². The maximum absolute atomic E-state index is 11.6. The van der Waals surface area contributed by atoms with E-state index in [4.69, 9.17) is 4.74 Å². The minimum Gasteiger partial charge on any atom is -0.490 e. The first-order chi connectivity index (χ1) is 7.54. The van der Waals surface area contributed by atoms with Gasteiger partial charge < -0.3 is 9.64 Å². The lowest BCUT2D eigenvalue weighted by Crippen LogP contribution is -2.17. The summed E-state index contributed by atoms with van der Waals surface area (Å²) in [5.41, 5.74) is 1.04. The van der Waals surface area contributed by atoms with Gasteiger partial charge in [0.05, 0.1) is 12.0 Å². The Kier molecular flexibility index (Phi) is 2.26. The molecule has 0 aliphatic carbocycles. The monoisotopic (exact) mass is 222 g/mol. The van der Waals surface area contributed by atoms with Crippen LogP contribution in [-0.2, 0) is 6.54 Å². The van der Waals surface area contributed by atoms with E-state index < -0.39 is 4.92 Å². The number of nitro benzene ring substituents is 1. The van der Waals surface area contributed by atoms with Gasteiger partial charge in [0.1, 0.15) is 0 Å². The topological polar surface area (TPSA) is 72.7 Å². The average molecular weight is 222 g/mol. The number of benzene rings is 1. The van der Waals surface area contributed by atoms with Crippen molar-refractivity contribution in [3.63, 3.8) is 0 Å². The first kappa shape index (κ1) is 10.4. The molecule has 6 heteroatoms. The summed E-state index contributed by atoms with van der Waals surface area (Å²) in [4.78, 5) is 23.4. The smallest absolute Gasteiger partial charge is 0.311 e. The van der Waals surface area contributed by atoms with E-state index in [9.17, 15) is 14.9 Å². The molecule has 0 bridgehead atoms. The molecule has 84 valence electrons. The highest BCUT2D eigenvalue weighted by molar-refractivity contribution is 5.99. The number of amides is 1. The van der Waals surface area contributed by atoms with Crippen molar-refractivity contribution in [3.8, 4) is 5.75 Å². The molecule has 1 aromatic rings. The molecular formula is C10H10N2O4. The molecule has 0 aromatic heterocycles. The molecule has 0 unspecified atom stereocenters. The predicted octanol–water partition coefficient (Wildman–Crippen LogP) is 1.19. The van der Waals surface area contributed by atoms with Gasteiger partial charge in [0.25, 0.3) is 5.91 Å². The van der Waals surface area contributed by atoms with Crippen LogP contribution >= 0.6 is 0 Å². The first-order valence-corrected chi connectivity index (χ1v) is 4.65. The zero-order valence-corrected chi connectivity index (χ0v) is 8.89. The summed E-state index contributed by atoms with van der Waals surface area (Å²) in [6.07, 6.45) is 0. The molecule has 0 radical (unpaired) electrons. The third-order valence-corrected chi connectivity index (χ3v) is 2.59. The van der Waals surface area contributed by atoms with Gasteiger partial charge in [-0.2, -0.15) is 0 Å². The van der Waals surface area contributed by atoms with Crippen LogP contribution < -0.4 is 4.74 Å². The number of fused-ring (bicyclic) bond motifs is 1. The van der Waals surface area contributed by atoms with Gasteiger partial charge in [-0.3, -0.25) is 14.9 Å². The number of methoxy groups -OCH3 is 1. The van der Waals surface area contributed by atoms with E-state index in [1.807, 2.05) is 0 Å². The Morgan fingerprint density at radius 2 is 2.19 bits per heavy atom. The van der Waals surface area contributed by atoms with Crippen LogP contribution in [0.3, 0.4) is 0 Å². The molecule has 0 fully saturated rings. The van der Waals surface area contributed by atoms with Gasteiger partial charge in [0, 0.05) is 31.3 Å². The highest BCUT2D eigenvalue weighted by Gasteiger charge is 2.29. The normalized spacial score (nSPS) is 13.9. The molecule has 0 saturated heterocycles. The third-order valence-electron chi connectivity index (χ3n) is 2.59. The van der Waals surface area contributed by atoms with Crippen molar-refractivity contribution in [2.75, 3.05) is 14.2 Å². The molecular weight excluding hydrogens is 212 g/mol. The van der Waals surface area contributed by atoms with Crippen LogP contribution in [0.15, 0.2) is 12.1 Å². The summed E-state index contributed by atoms with van der Waals surface area (Å²) >= 11 is 0. The van der Waals surface area contributed by atoms with Gasteiger partial charge in [0.2, 0.25) is 0 Å². The van der Waals surface area contributed by atoms with Gasteiger partial charge in [-0.15, -0.1) is 0 Å². The van der Waals surface area contributed by atoms with E-state index in [0.29, 0.717) is 17.7 Å². The summed E-state index contributed by atoms with van der Waals surface area (Å²) in [5.74, 6) is -0.0180. The number of carbonyl (C=O) groups is 1. The lowest BCUT2D eigenvalue weighted by atomic mass is 10.1. The lowest BCUT2D eigenvalue weighted by molar-refractivity contribution is -0.385. The Morgan fingerprint density at radius 1 is 1.50 bits per heavy atom. The molecule has 16 heavy (non-hydrogen) atoms. The van der Waals surface area contributed by atoms with E-state index in [-0.39, 0.29) is 17.3 Å². The minimum atomic E-state index is -0.512. The van der Waals surface area contributed by atoms with Crippen molar-refractivity contribution >= 4 is 11.6 Å². The van der Waals surface area contributed by atoms with E-state index in [1.165, 1.54) is 24.1 Å². The molecule has 0 spiro atoms. The number of nitrogens with zero attached hydrogens (tertiary/aromatic N) is 2. The van der Waals surface area contributed by atoms with Gasteiger partial charge >= 0.3 is 5.69 Å². The first-order valence-electron chi connectivity index (χ1n) is 4.65. The number of hydrogen-bond donors (Lipinski definition) is 0. The molecule has 1 amide bonds. The molecule has 1 heterocycles. The summed E-state index contributed by atoms with van der Waals surface area (Å²) in [6.45, 7) is 0.402. The Hall–Kier alpha value is -2.11. The maximum atomic E-state index is 11.6. The van der Waals surface area contributed by atoms with E-state index in [0.717, 1.165) is 0 Å². The minimum absolute atomic E-state index is 0.107. The standard InChI is InChI=1S/C10H10N2O4/c1-11-5-6-3-8(12(14)15)9(16-2)4-7(6)10(11)13/h3-4H,5H2,1-2H3. The van der Waals surface area contributed by atoms with Gasteiger partial charge in [-0.1, -0.05) is 0 Å². The number of nitro groups is 1. The SMILES string of the molecule is COc1cc2c(cc1[N+](=O)[O-])CN(C)C2=O. The molecule has 0 saturated carbocycles. The number of carbonyl (C=O) groups excluding carboxylic acids is 1. The number of rotatable bonds is 2. The highest BCUT2D eigenvalue weighted by atomic mass is 16.6. The fourth-order valence-corrected chi connectivity index (χ4v) is 1.78. The van der Waals surface area contributed by atoms with Crippen molar-refractivity contribution in [1.29, 1.82) is 0 Å². The molecule has 0 N–H and O–H groups in total. The summed E-state index contributed by atoms with van der Waals surface area (Å²) in [5, 5.41) is 10.8. The second-order valence-corrected chi connectivity index (χ2v) is 3.60. The average Bonchev–Trinajstić information content (AvgIpc) is 2.53. The van der Waals surface area contributed by atoms with Crippen LogP contribution in [-0.4, -0.2) is 29.9 Å². The van der Waals surface area contributed by atoms with Crippen LogP contribution in [0.1, 0.15) is 15.9 Å². The lowest BCUT2D eigenvalue weighted by Gasteiger charge is -2.04. The van der Waals surface area contributed by atoms with Crippen molar-refractivity contribution in [2.45, 2.75) is 6.54 Å². The molecule has 1 aliphatic rings. The van der Waals surface area contributed by atoms with Crippen LogP contribution in [0.5, 0.6) is 5.75 Å². The van der Waals surface area contributed by atoms with Crippen LogP contribution in [0.4, 0.5) is 5.69 Å². The second-order valence-electron chi connectivity index (χ2n) is 3.60. The second kappa shape index (κ2) is 3.48. The van der Waals surface area contributed by atoms with Gasteiger partial charge in [-0.05, 0) is 5.56 Å². The van der Waals surface area contributed by atoms with Crippen LogP contribution in [0.2, 0.25) is 0 Å². The fourth-order valence-electron chi connectivity index (χ4n) is 1.78. The maximum Gasteiger partial charge on any atom is 0.311 e. The Balaban J connectivity index is 2.59. The molecule has 1 aliphatic heterocycles. The molecule has 0 atom stereocenters. The van der Waals surface area contributed by atoms with Gasteiger partial charge in [0.15, 0.2) is 5.75 Å². The van der Waals surface area contributed by atoms with Gasteiger partial charge in [-0.25, -0.2) is 0 Å². The van der Waals surface area contributed by atoms with Crippen molar-refractivity contribution in [2.24, 2.45) is 0 Å². The Labute approximate surface area is 91.6 Å². The zero-order chi connectivity index (χ0) is 11.9. The molecule has 1 aromatic carbocycles. The molecule has 6 nitrogen and oxygen atoms in total. The number of ether oxygens (including phenoxy) is 1. The van der Waals surface area contributed by atoms with Crippen LogP contribution in [0, 0.1) is 10.1 Å². The summed E-state index contributed by atoms with van der Waals surface area (Å²) in [6, 6.07) is 2.83. The van der Waals surface area contributed by atoms with Crippen molar-refractivity contribution < 1.29 is 14.5 Å². The predicted molar refractivity (Wildman–Crippen MR) is 55.4 cm³/mol. The summed E-state index contributed by atoms with van der Waals surface area (Å²) < 4.78 is 4.90. The zero-order valence-electron chi connectivity index (χ0n) is 8.89. The Bertz CT molecular complexity index is 484. The van der Waals surface area contributed by atoms with E-state index >= 15 is 0 Å².